The minimum absolute atomic E-state index is 0.300. The van der Waals surface area contributed by atoms with Gasteiger partial charge in [0.25, 0.3) is 0 Å². The Kier molecular flexibility index (Phi) is 4.08. The van der Waals surface area contributed by atoms with Gasteiger partial charge in [0, 0.05) is 12.6 Å². The molecule has 0 heterocycles. The van der Waals surface area contributed by atoms with Crippen molar-refractivity contribution in [3.05, 3.63) is 34.9 Å². The normalized spacial score (nSPS) is 19.3. The zero-order chi connectivity index (χ0) is 13.2. The molecule has 0 aliphatic heterocycles. The number of benzene rings is 1. The fourth-order valence-corrected chi connectivity index (χ4v) is 2.48. The van der Waals surface area contributed by atoms with Crippen molar-refractivity contribution < 1.29 is 5.11 Å². The molecule has 2 N–H and O–H groups in total. The highest BCUT2D eigenvalue weighted by atomic mass is 16.3. The number of nitrogens with one attached hydrogen (secondary N) is 1. The first-order valence-electron chi connectivity index (χ1n) is 7.09. The summed E-state index contributed by atoms with van der Waals surface area (Å²) < 4.78 is 0. The van der Waals surface area contributed by atoms with E-state index in [1.165, 1.54) is 36.0 Å². The lowest BCUT2D eigenvalue weighted by atomic mass is 10.00. The van der Waals surface area contributed by atoms with Gasteiger partial charge >= 0.3 is 0 Å². The zero-order valence-corrected chi connectivity index (χ0v) is 11.8. The summed E-state index contributed by atoms with van der Waals surface area (Å²) >= 11 is 0. The van der Waals surface area contributed by atoms with E-state index in [0.717, 1.165) is 6.42 Å². The van der Waals surface area contributed by atoms with Crippen LogP contribution < -0.4 is 5.32 Å². The van der Waals surface area contributed by atoms with E-state index < -0.39 is 5.60 Å². The van der Waals surface area contributed by atoms with Crippen LogP contribution in [0.25, 0.3) is 0 Å². The Hall–Kier alpha value is -0.860. The quantitative estimate of drug-likeness (QED) is 0.838. The fourth-order valence-electron chi connectivity index (χ4n) is 2.48. The molecule has 0 saturated carbocycles. The molecule has 2 atom stereocenters. The van der Waals surface area contributed by atoms with Crippen molar-refractivity contribution in [2.75, 3.05) is 6.54 Å². The van der Waals surface area contributed by atoms with Crippen molar-refractivity contribution in [3.63, 3.8) is 0 Å². The summed E-state index contributed by atoms with van der Waals surface area (Å²) in [7, 11) is 0. The minimum Gasteiger partial charge on any atom is -0.389 e. The number of hydrogen-bond acceptors (Lipinski definition) is 2. The average Bonchev–Trinajstić information content (AvgIpc) is 2.83. The van der Waals surface area contributed by atoms with Crippen LogP contribution in [0, 0.1) is 0 Å². The van der Waals surface area contributed by atoms with Gasteiger partial charge in [-0.25, -0.2) is 0 Å². The highest BCUT2D eigenvalue weighted by Crippen LogP contribution is 2.25. The molecule has 1 aliphatic rings. The maximum absolute atomic E-state index is 10.0. The summed E-state index contributed by atoms with van der Waals surface area (Å²) in [6.45, 7) is 6.71. The summed E-state index contributed by atoms with van der Waals surface area (Å²) in [6.07, 6.45) is 4.53. The standard InChI is InChI=1S/C16H25NO/c1-4-16(3,18)11-17-12(2)14-9-8-13-6-5-7-15(13)10-14/h8-10,12,17-18H,4-7,11H2,1-3H3. The van der Waals surface area contributed by atoms with Crippen LogP contribution in [0.4, 0.5) is 0 Å². The van der Waals surface area contributed by atoms with E-state index in [4.69, 9.17) is 0 Å². The first-order valence-corrected chi connectivity index (χ1v) is 7.09. The Balaban J connectivity index is 1.99. The number of rotatable bonds is 5. The Morgan fingerprint density at radius 2 is 2.06 bits per heavy atom. The van der Waals surface area contributed by atoms with Crippen LogP contribution in [0.3, 0.4) is 0 Å². The lowest BCUT2D eigenvalue weighted by Crippen LogP contribution is -2.38. The first-order chi connectivity index (χ1) is 8.52. The molecule has 1 aliphatic carbocycles. The van der Waals surface area contributed by atoms with Gasteiger partial charge in [0.15, 0.2) is 0 Å². The molecule has 18 heavy (non-hydrogen) atoms. The van der Waals surface area contributed by atoms with E-state index in [2.05, 4.69) is 30.4 Å². The number of fused-ring (bicyclic) bond motifs is 1. The molecule has 0 amide bonds. The summed E-state index contributed by atoms with van der Waals surface area (Å²) in [5.74, 6) is 0. The predicted octanol–water partition coefficient (Wildman–Crippen LogP) is 2.99. The van der Waals surface area contributed by atoms with E-state index >= 15 is 0 Å². The number of aryl methyl sites for hydroxylation is 2. The Morgan fingerprint density at radius 1 is 1.33 bits per heavy atom. The van der Waals surface area contributed by atoms with Gasteiger partial charge in [-0.1, -0.05) is 25.1 Å². The highest BCUT2D eigenvalue weighted by molar-refractivity contribution is 5.36. The van der Waals surface area contributed by atoms with Gasteiger partial charge in [0.2, 0.25) is 0 Å². The molecular weight excluding hydrogens is 222 g/mol. The second kappa shape index (κ2) is 5.41. The van der Waals surface area contributed by atoms with Gasteiger partial charge in [0.05, 0.1) is 5.60 Å². The zero-order valence-electron chi connectivity index (χ0n) is 11.8. The molecule has 1 aromatic carbocycles. The van der Waals surface area contributed by atoms with Crippen LogP contribution in [0.5, 0.6) is 0 Å². The monoisotopic (exact) mass is 247 g/mol. The number of hydrogen-bond donors (Lipinski definition) is 2. The first kappa shape index (κ1) is 13.6. The van der Waals surface area contributed by atoms with E-state index in [1.54, 1.807) is 0 Å². The third-order valence-corrected chi connectivity index (χ3v) is 4.17. The molecule has 0 saturated heterocycles. The van der Waals surface area contributed by atoms with Crippen molar-refractivity contribution in [2.24, 2.45) is 0 Å². The molecule has 100 valence electrons. The fraction of sp³-hybridized carbons (Fsp3) is 0.625. The molecule has 0 bridgehead atoms. The van der Waals surface area contributed by atoms with E-state index in [1.807, 2.05) is 13.8 Å². The molecule has 2 heteroatoms. The van der Waals surface area contributed by atoms with Gasteiger partial charge < -0.3 is 10.4 Å². The highest BCUT2D eigenvalue weighted by Gasteiger charge is 2.19. The van der Waals surface area contributed by atoms with Crippen molar-refractivity contribution in [1.82, 2.24) is 5.32 Å². The molecule has 2 nitrogen and oxygen atoms in total. The van der Waals surface area contributed by atoms with Crippen LogP contribution in [0.2, 0.25) is 0 Å². The lowest BCUT2D eigenvalue weighted by Gasteiger charge is -2.25. The maximum atomic E-state index is 10.0. The van der Waals surface area contributed by atoms with Gasteiger partial charge in [-0.05, 0) is 56.2 Å². The van der Waals surface area contributed by atoms with Gasteiger partial charge in [-0.2, -0.15) is 0 Å². The van der Waals surface area contributed by atoms with Crippen LogP contribution in [-0.2, 0) is 12.8 Å². The Labute approximate surface area is 110 Å². The predicted molar refractivity (Wildman–Crippen MR) is 75.8 cm³/mol. The third-order valence-electron chi connectivity index (χ3n) is 4.17. The van der Waals surface area contributed by atoms with Crippen LogP contribution in [-0.4, -0.2) is 17.3 Å². The Morgan fingerprint density at radius 3 is 2.78 bits per heavy atom. The molecule has 0 radical (unpaired) electrons. The summed E-state index contributed by atoms with van der Waals surface area (Å²) in [6, 6.07) is 7.13. The van der Waals surface area contributed by atoms with Crippen LogP contribution in [0.15, 0.2) is 18.2 Å². The number of aliphatic hydroxyl groups is 1. The molecule has 0 spiro atoms. The average molecular weight is 247 g/mol. The molecule has 0 fully saturated rings. The second-order valence-electron chi connectivity index (χ2n) is 5.83. The molecule has 2 unspecified atom stereocenters. The third kappa shape index (κ3) is 3.12. The van der Waals surface area contributed by atoms with Gasteiger partial charge in [-0.3, -0.25) is 0 Å². The molecular formula is C16H25NO. The molecule has 2 rings (SSSR count). The van der Waals surface area contributed by atoms with Gasteiger partial charge in [-0.15, -0.1) is 0 Å². The summed E-state index contributed by atoms with van der Waals surface area (Å²) in [4.78, 5) is 0. The summed E-state index contributed by atoms with van der Waals surface area (Å²) in [5, 5.41) is 13.4. The SMILES string of the molecule is CCC(C)(O)CNC(C)c1ccc2c(c1)CCC2. The largest absolute Gasteiger partial charge is 0.389 e. The maximum Gasteiger partial charge on any atom is 0.0741 e. The summed E-state index contributed by atoms with van der Waals surface area (Å²) in [5.41, 5.74) is 3.77. The van der Waals surface area contributed by atoms with Crippen LogP contribution in [0.1, 0.15) is 56.3 Å². The van der Waals surface area contributed by atoms with Gasteiger partial charge in [0.1, 0.15) is 0 Å². The smallest absolute Gasteiger partial charge is 0.0741 e. The van der Waals surface area contributed by atoms with E-state index in [-0.39, 0.29) is 0 Å². The second-order valence-corrected chi connectivity index (χ2v) is 5.83. The van der Waals surface area contributed by atoms with E-state index in [9.17, 15) is 5.11 Å². The van der Waals surface area contributed by atoms with Crippen molar-refractivity contribution in [1.29, 1.82) is 0 Å². The molecule has 1 aromatic rings. The Bertz CT molecular complexity index is 412. The lowest BCUT2D eigenvalue weighted by molar-refractivity contribution is 0.0533. The van der Waals surface area contributed by atoms with Crippen molar-refractivity contribution in [3.8, 4) is 0 Å². The topological polar surface area (TPSA) is 32.3 Å². The molecule has 0 aromatic heterocycles. The van der Waals surface area contributed by atoms with Crippen molar-refractivity contribution >= 4 is 0 Å². The minimum atomic E-state index is -0.606. The van der Waals surface area contributed by atoms with Crippen molar-refractivity contribution in [2.45, 2.75) is 58.1 Å². The van der Waals surface area contributed by atoms with Crippen LogP contribution >= 0.6 is 0 Å². The van der Waals surface area contributed by atoms with E-state index in [0.29, 0.717) is 12.6 Å².